The Balaban J connectivity index is 2.25. The fourth-order valence-corrected chi connectivity index (χ4v) is 2.14. The Morgan fingerprint density at radius 2 is 1.90 bits per heavy atom. The summed E-state index contributed by atoms with van der Waals surface area (Å²) in [6, 6.07) is 13.2. The first-order chi connectivity index (χ1) is 9.65. The van der Waals surface area contributed by atoms with Crippen molar-refractivity contribution in [1.29, 1.82) is 0 Å². The van der Waals surface area contributed by atoms with Gasteiger partial charge >= 0.3 is 0 Å². The molecule has 0 spiro atoms. The molecule has 0 saturated heterocycles. The van der Waals surface area contributed by atoms with Crippen molar-refractivity contribution in [2.24, 2.45) is 0 Å². The molecule has 2 aromatic rings. The minimum absolute atomic E-state index is 0.326. The summed E-state index contributed by atoms with van der Waals surface area (Å²) >= 11 is 0. The van der Waals surface area contributed by atoms with Crippen molar-refractivity contribution < 1.29 is 0 Å². The van der Waals surface area contributed by atoms with Gasteiger partial charge in [-0.25, -0.2) is 4.98 Å². The molecule has 3 nitrogen and oxygen atoms in total. The SMILES string of the molecule is CCc1ccc(N(C)c2cc(C(C)NC)ccn2)cc1. The molecule has 0 amide bonds. The van der Waals surface area contributed by atoms with Crippen LogP contribution in [0.15, 0.2) is 42.6 Å². The van der Waals surface area contributed by atoms with Crippen molar-refractivity contribution in [3.8, 4) is 0 Å². The molecule has 3 heteroatoms. The Hall–Kier alpha value is -1.87. The van der Waals surface area contributed by atoms with Gasteiger partial charge in [0.15, 0.2) is 0 Å². The Bertz CT molecular complexity index is 548. The normalized spacial score (nSPS) is 12.2. The zero-order valence-corrected chi connectivity index (χ0v) is 12.7. The van der Waals surface area contributed by atoms with E-state index in [0.717, 1.165) is 17.9 Å². The number of rotatable bonds is 5. The van der Waals surface area contributed by atoms with Gasteiger partial charge < -0.3 is 10.2 Å². The lowest BCUT2D eigenvalue weighted by atomic mass is 10.1. The van der Waals surface area contributed by atoms with Gasteiger partial charge in [0, 0.05) is 25.0 Å². The molecule has 0 radical (unpaired) electrons. The van der Waals surface area contributed by atoms with Gasteiger partial charge in [-0.3, -0.25) is 0 Å². The number of aryl methyl sites for hydroxylation is 1. The lowest BCUT2D eigenvalue weighted by Crippen LogP contribution is -2.15. The average molecular weight is 269 g/mol. The van der Waals surface area contributed by atoms with Crippen LogP contribution in [-0.2, 0) is 6.42 Å². The summed E-state index contributed by atoms with van der Waals surface area (Å²) in [5, 5.41) is 3.26. The number of anilines is 2. The largest absolute Gasteiger partial charge is 0.329 e. The summed E-state index contributed by atoms with van der Waals surface area (Å²) in [7, 11) is 4.02. The number of benzene rings is 1. The van der Waals surface area contributed by atoms with E-state index in [1.165, 1.54) is 11.1 Å². The predicted molar refractivity (Wildman–Crippen MR) is 85.6 cm³/mol. The second-order valence-electron chi connectivity index (χ2n) is 5.04. The molecular formula is C17H23N3. The monoisotopic (exact) mass is 269 g/mol. The molecule has 106 valence electrons. The van der Waals surface area contributed by atoms with Gasteiger partial charge in [-0.1, -0.05) is 19.1 Å². The van der Waals surface area contributed by atoms with E-state index in [2.05, 4.69) is 72.5 Å². The van der Waals surface area contributed by atoms with Gasteiger partial charge in [-0.15, -0.1) is 0 Å². The van der Waals surface area contributed by atoms with Crippen LogP contribution in [0.25, 0.3) is 0 Å². The zero-order chi connectivity index (χ0) is 14.5. The molecule has 20 heavy (non-hydrogen) atoms. The highest BCUT2D eigenvalue weighted by atomic mass is 15.2. The number of pyridine rings is 1. The van der Waals surface area contributed by atoms with Crippen LogP contribution in [0.5, 0.6) is 0 Å². The molecule has 0 aliphatic carbocycles. The smallest absolute Gasteiger partial charge is 0.132 e. The van der Waals surface area contributed by atoms with Gasteiger partial charge in [-0.2, -0.15) is 0 Å². The van der Waals surface area contributed by atoms with Crippen LogP contribution in [0.4, 0.5) is 11.5 Å². The zero-order valence-electron chi connectivity index (χ0n) is 12.7. The van der Waals surface area contributed by atoms with Gasteiger partial charge in [0.2, 0.25) is 0 Å². The molecule has 1 aromatic carbocycles. The van der Waals surface area contributed by atoms with Crippen molar-refractivity contribution in [2.75, 3.05) is 19.0 Å². The van der Waals surface area contributed by atoms with E-state index < -0.39 is 0 Å². The molecule has 0 bridgehead atoms. The van der Waals surface area contributed by atoms with Crippen LogP contribution in [0, 0.1) is 0 Å². The van der Waals surface area contributed by atoms with E-state index in [4.69, 9.17) is 0 Å². The van der Waals surface area contributed by atoms with Crippen molar-refractivity contribution in [3.63, 3.8) is 0 Å². The topological polar surface area (TPSA) is 28.2 Å². The summed E-state index contributed by atoms with van der Waals surface area (Å²) < 4.78 is 0. The van der Waals surface area contributed by atoms with Gasteiger partial charge in [0.1, 0.15) is 5.82 Å². The van der Waals surface area contributed by atoms with E-state index in [-0.39, 0.29) is 0 Å². The van der Waals surface area contributed by atoms with Crippen molar-refractivity contribution in [3.05, 3.63) is 53.7 Å². The quantitative estimate of drug-likeness (QED) is 0.897. The van der Waals surface area contributed by atoms with Crippen LogP contribution in [0.2, 0.25) is 0 Å². The highest BCUT2D eigenvalue weighted by Gasteiger charge is 2.08. The summed E-state index contributed by atoms with van der Waals surface area (Å²) in [6.45, 7) is 4.32. The van der Waals surface area contributed by atoms with E-state index in [1.54, 1.807) is 0 Å². The van der Waals surface area contributed by atoms with Crippen LogP contribution in [0.1, 0.15) is 31.0 Å². The molecule has 2 rings (SSSR count). The van der Waals surface area contributed by atoms with Gasteiger partial charge in [0.25, 0.3) is 0 Å². The summed E-state index contributed by atoms with van der Waals surface area (Å²) in [5.41, 5.74) is 3.76. The standard InChI is InChI=1S/C17H23N3/c1-5-14-6-8-16(9-7-14)20(4)17-12-15(10-11-19-17)13(2)18-3/h6-13,18H,5H2,1-4H3. The number of hydrogen-bond donors (Lipinski definition) is 1. The van der Waals surface area contributed by atoms with Crippen molar-refractivity contribution >= 4 is 11.5 Å². The Labute approximate surface area is 121 Å². The van der Waals surface area contributed by atoms with E-state index in [1.807, 2.05) is 13.2 Å². The fourth-order valence-electron chi connectivity index (χ4n) is 2.14. The first-order valence-corrected chi connectivity index (χ1v) is 7.11. The summed E-state index contributed by atoms with van der Waals surface area (Å²) in [5.74, 6) is 0.967. The molecule has 0 aliphatic rings. The van der Waals surface area contributed by atoms with Crippen molar-refractivity contribution in [2.45, 2.75) is 26.3 Å². The molecular weight excluding hydrogens is 246 g/mol. The lowest BCUT2D eigenvalue weighted by molar-refractivity contribution is 0.651. The molecule has 1 N–H and O–H groups in total. The van der Waals surface area contributed by atoms with Crippen LogP contribution < -0.4 is 10.2 Å². The lowest BCUT2D eigenvalue weighted by Gasteiger charge is -2.20. The molecule has 1 atom stereocenters. The Morgan fingerprint density at radius 3 is 2.50 bits per heavy atom. The molecule has 1 heterocycles. The highest BCUT2D eigenvalue weighted by Crippen LogP contribution is 2.24. The van der Waals surface area contributed by atoms with Gasteiger partial charge in [-0.05, 0) is 55.8 Å². The number of aromatic nitrogens is 1. The minimum Gasteiger partial charge on any atom is -0.329 e. The highest BCUT2D eigenvalue weighted by molar-refractivity contribution is 5.60. The second kappa shape index (κ2) is 6.53. The average Bonchev–Trinajstić information content (AvgIpc) is 2.53. The molecule has 0 aliphatic heterocycles. The number of nitrogens with zero attached hydrogens (tertiary/aromatic N) is 2. The fraction of sp³-hybridized carbons (Fsp3) is 0.353. The third-order valence-corrected chi connectivity index (χ3v) is 3.78. The first kappa shape index (κ1) is 14.5. The molecule has 0 fully saturated rings. The molecule has 0 saturated carbocycles. The maximum absolute atomic E-state index is 4.47. The molecule has 1 aromatic heterocycles. The van der Waals surface area contributed by atoms with Gasteiger partial charge in [0.05, 0.1) is 0 Å². The van der Waals surface area contributed by atoms with Crippen LogP contribution in [0.3, 0.4) is 0 Å². The van der Waals surface area contributed by atoms with E-state index >= 15 is 0 Å². The minimum atomic E-state index is 0.326. The van der Waals surface area contributed by atoms with Crippen LogP contribution >= 0.6 is 0 Å². The summed E-state index contributed by atoms with van der Waals surface area (Å²) in [4.78, 5) is 6.59. The van der Waals surface area contributed by atoms with E-state index in [0.29, 0.717) is 6.04 Å². The van der Waals surface area contributed by atoms with E-state index in [9.17, 15) is 0 Å². The number of nitrogens with one attached hydrogen (secondary N) is 1. The third-order valence-electron chi connectivity index (χ3n) is 3.78. The van der Waals surface area contributed by atoms with Crippen LogP contribution in [-0.4, -0.2) is 19.1 Å². The first-order valence-electron chi connectivity index (χ1n) is 7.11. The summed E-state index contributed by atoms with van der Waals surface area (Å²) in [6.07, 6.45) is 2.94. The van der Waals surface area contributed by atoms with Crippen molar-refractivity contribution in [1.82, 2.24) is 10.3 Å². The second-order valence-corrected chi connectivity index (χ2v) is 5.04. The predicted octanol–water partition coefficient (Wildman–Crippen LogP) is 3.69. The maximum atomic E-state index is 4.47. The molecule has 1 unspecified atom stereocenters. The third kappa shape index (κ3) is 3.17. The Morgan fingerprint density at radius 1 is 1.20 bits per heavy atom. The maximum Gasteiger partial charge on any atom is 0.132 e. The number of hydrogen-bond acceptors (Lipinski definition) is 3. The Kier molecular flexibility index (Phi) is 4.74.